The molecule has 0 amide bonds. The van der Waals surface area contributed by atoms with Crippen LogP contribution in [-0.4, -0.2) is 31.7 Å². The van der Waals surface area contributed by atoms with E-state index in [2.05, 4.69) is 12.6 Å². The summed E-state index contributed by atoms with van der Waals surface area (Å²) in [6.45, 7) is 2.29. The van der Waals surface area contributed by atoms with Crippen LogP contribution < -0.4 is 0 Å². The Morgan fingerprint density at radius 3 is 2.75 bits per heavy atom. The smallest absolute Gasteiger partial charge is 0.104 e. The SMILES string of the molecule is SCCOC1COC1. The van der Waals surface area contributed by atoms with Gasteiger partial charge in [0.2, 0.25) is 0 Å². The zero-order chi connectivity index (χ0) is 5.82. The van der Waals surface area contributed by atoms with E-state index in [1.165, 1.54) is 0 Å². The molecule has 8 heavy (non-hydrogen) atoms. The van der Waals surface area contributed by atoms with Gasteiger partial charge in [-0.2, -0.15) is 12.6 Å². The molecular weight excluding hydrogens is 124 g/mol. The topological polar surface area (TPSA) is 18.5 Å². The average Bonchev–Trinajstić information content (AvgIpc) is 1.63. The quantitative estimate of drug-likeness (QED) is 0.561. The van der Waals surface area contributed by atoms with Crippen molar-refractivity contribution in [1.82, 2.24) is 0 Å². The Labute approximate surface area is 54.6 Å². The van der Waals surface area contributed by atoms with Gasteiger partial charge in [-0.05, 0) is 0 Å². The normalized spacial score (nSPS) is 20.6. The maximum Gasteiger partial charge on any atom is 0.104 e. The summed E-state index contributed by atoms with van der Waals surface area (Å²) in [5.74, 6) is 0.802. The molecule has 48 valence electrons. The fourth-order valence-electron chi connectivity index (χ4n) is 0.530. The molecule has 0 aliphatic carbocycles. The first kappa shape index (κ1) is 6.39. The van der Waals surface area contributed by atoms with Crippen molar-refractivity contribution >= 4 is 12.6 Å². The van der Waals surface area contributed by atoms with Gasteiger partial charge in [0, 0.05) is 5.75 Å². The van der Waals surface area contributed by atoms with Crippen LogP contribution in [0.15, 0.2) is 0 Å². The molecule has 0 radical (unpaired) electrons. The summed E-state index contributed by atoms with van der Waals surface area (Å²) in [6, 6.07) is 0. The Morgan fingerprint density at radius 2 is 2.38 bits per heavy atom. The number of hydrogen-bond acceptors (Lipinski definition) is 3. The van der Waals surface area contributed by atoms with E-state index in [9.17, 15) is 0 Å². The molecule has 0 aromatic rings. The van der Waals surface area contributed by atoms with Crippen molar-refractivity contribution in [3.05, 3.63) is 0 Å². The molecule has 0 N–H and O–H groups in total. The van der Waals surface area contributed by atoms with Crippen molar-refractivity contribution in [3.63, 3.8) is 0 Å². The number of ether oxygens (including phenoxy) is 2. The molecule has 0 aromatic heterocycles. The molecule has 2 nitrogen and oxygen atoms in total. The molecule has 1 heterocycles. The molecule has 0 bridgehead atoms. The zero-order valence-corrected chi connectivity index (χ0v) is 5.56. The van der Waals surface area contributed by atoms with Crippen LogP contribution in [-0.2, 0) is 9.47 Å². The first-order valence-electron chi connectivity index (χ1n) is 2.73. The maximum atomic E-state index is 5.23. The average molecular weight is 134 g/mol. The predicted octanol–water partition coefficient (Wildman–Crippen LogP) is 0.332. The number of thiol groups is 1. The molecule has 1 aliphatic heterocycles. The Kier molecular flexibility index (Phi) is 2.66. The molecule has 0 atom stereocenters. The van der Waals surface area contributed by atoms with Gasteiger partial charge in [0.15, 0.2) is 0 Å². The van der Waals surface area contributed by atoms with Crippen molar-refractivity contribution in [2.24, 2.45) is 0 Å². The van der Waals surface area contributed by atoms with Crippen molar-refractivity contribution in [2.45, 2.75) is 6.10 Å². The van der Waals surface area contributed by atoms with Crippen molar-refractivity contribution in [2.75, 3.05) is 25.6 Å². The highest BCUT2D eigenvalue weighted by Gasteiger charge is 2.17. The second kappa shape index (κ2) is 3.33. The highest BCUT2D eigenvalue weighted by atomic mass is 32.1. The van der Waals surface area contributed by atoms with Gasteiger partial charge in [0.25, 0.3) is 0 Å². The minimum atomic E-state index is 0.363. The van der Waals surface area contributed by atoms with E-state index in [0.717, 1.165) is 25.6 Å². The minimum absolute atomic E-state index is 0.363. The van der Waals surface area contributed by atoms with Gasteiger partial charge >= 0.3 is 0 Å². The van der Waals surface area contributed by atoms with E-state index < -0.39 is 0 Å². The molecule has 1 rings (SSSR count). The third-order valence-corrected chi connectivity index (χ3v) is 1.23. The van der Waals surface area contributed by atoms with E-state index in [-0.39, 0.29) is 0 Å². The van der Waals surface area contributed by atoms with E-state index in [1.807, 2.05) is 0 Å². The molecule has 1 fully saturated rings. The Balaban J connectivity index is 1.86. The first-order chi connectivity index (χ1) is 3.93. The van der Waals surface area contributed by atoms with Crippen LogP contribution >= 0.6 is 12.6 Å². The van der Waals surface area contributed by atoms with Crippen molar-refractivity contribution in [3.8, 4) is 0 Å². The van der Waals surface area contributed by atoms with Gasteiger partial charge in [-0.3, -0.25) is 0 Å². The van der Waals surface area contributed by atoms with Crippen LogP contribution in [0, 0.1) is 0 Å². The molecule has 0 spiro atoms. The molecule has 3 heteroatoms. The Hall–Kier alpha value is 0.270. The fraction of sp³-hybridized carbons (Fsp3) is 1.00. The van der Waals surface area contributed by atoms with Crippen LogP contribution in [0.1, 0.15) is 0 Å². The van der Waals surface area contributed by atoms with E-state index >= 15 is 0 Å². The monoisotopic (exact) mass is 134 g/mol. The summed E-state index contributed by atoms with van der Waals surface area (Å²) in [6.07, 6.45) is 0.363. The summed E-state index contributed by atoms with van der Waals surface area (Å²) >= 11 is 3.99. The lowest BCUT2D eigenvalue weighted by Gasteiger charge is -2.25. The highest BCUT2D eigenvalue weighted by Crippen LogP contribution is 2.04. The second-order valence-electron chi connectivity index (χ2n) is 1.75. The second-order valence-corrected chi connectivity index (χ2v) is 2.20. The zero-order valence-electron chi connectivity index (χ0n) is 4.67. The molecule has 0 aromatic carbocycles. The fourth-order valence-corrected chi connectivity index (χ4v) is 0.635. The Morgan fingerprint density at radius 1 is 1.62 bits per heavy atom. The van der Waals surface area contributed by atoms with Crippen LogP contribution in [0.2, 0.25) is 0 Å². The van der Waals surface area contributed by atoms with Gasteiger partial charge < -0.3 is 9.47 Å². The molecule has 0 unspecified atom stereocenters. The van der Waals surface area contributed by atoms with Crippen LogP contribution in [0.5, 0.6) is 0 Å². The highest BCUT2D eigenvalue weighted by molar-refractivity contribution is 7.80. The van der Waals surface area contributed by atoms with Crippen molar-refractivity contribution in [1.29, 1.82) is 0 Å². The standard InChI is InChI=1S/C5H10O2S/c8-2-1-7-5-3-6-4-5/h5,8H,1-4H2. The number of rotatable bonds is 3. The maximum absolute atomic E-state index is 5.23. The first-order valence-corrected chi connectivity index (χ1v) is 3.37. The molecule has 1 aliphatic rings. The van der Waals surface area contributed by atoms with Crippen LogP contribution in [0.4, 0.5) is 0 Å². The molecule has 0 saturated carbocycles. The van der Waals surface area contributed by atoms with Crippen LogP contribution in [0.3, 0.4) is 0 Å². The minimum Gasteiger partial charge on any atom is -0.376 e. The van der Waals surface area contributed by atoms with Gasteiger partial charge in [-0.15, -0.1) is 0 Å². The van der Waals surface area contributed by atoms with E-state index in [1.54, 1.807) is 0 Å². The lowest BCUT2D eigenvalue weighted by atomic mass is 10.3. The summed E-state index contributed by atoms with van der Waals surface area (Å²) in [7, 11) is 0. The summed E-state index contributed by atoms with van der Waals surface area (Å²) in [4.78, 5) is 0. The largest absolute Gasteiger partial charge is 0.376 e. The van der Waals surface area contributed by atoms with Gasteiger partial charge in [-0.1, -0.05) is 0 Å². The number of hydrogen-bond donors (Lipinski definition) is 1. The van der Waals surface area contributed by atoms with E-state index in [0.29, 0.717) is 6.10 Å². The van der Waals surface area contributed by atoms with Crippen LogP contribution in [0.25, 0.3) is 0 Å². The summed E-state index contributed by atoms with van der Waals surface area (Å²) in [5.41, 5.74) is 0. The van der Waals surface area contributed by atoms with Gasteiger partial charge in [0.1, 0.15) is 6.10 Å². The van der Waals surface area contributed by atoms with Crippen molar-refractivity contribution < 1.29 is 9.47 Å². The Bertz CT molecular complexity index is 63.4. The summed E-state index contributed by atoms with van der Waals surface area (Å²) < 4.78 is 10.1. The van der Waals surface area contributed by atoms with E-state index in [4.69, 9.17) is 9.47 Å². The third kappa shape index (κ3) is 1.65. The molecule has 1 saturated heterocycles. The van der Waals surface area contributed by atoms with Gasteiger partial charge in [-0.25, -0.2) is 0 Å². The third-order valence-electron chi connectivity index (χ3n) is 1.05. The van der Waals surface area contributed by atoms with Gasteiger partial charge in [0.05, 0.1) is 19.8 Å². The lowest BCUT2D eigenvalue weighted by Crippen LogP contribution is -2.36. The molecular formula is C5H10O2S. The summed E-state index contributed by atoms with van der Waals surface area (Å²) in [5, 5.41) is 0. The lowest BCUT2D eigenvalue weighted by molar-refractivity contribution is -0.125. The predicted molar refractivity (Wildman–Crippen MR) is 34.4 cm³/mol.